The van der Waals surface area contributed by atoms with Gasteiger partial charge in [0.05, 0.1) is 25.9 Å². The Hall–Kier alpha value is -1.43. The Bertz CT molecular complexity index is 459. The first-order chi connectivity index (χ1) is 10.1. The largest absolute Gasteiger partial charge is 0.394 e. The molecule has 0 spiro atoms. The number of morpholine rings is 1. The third kappa shape index (κ3) is 4.81. The molecular weight excluding hydrogens is 268 g/mol. The molecule has 0 radical (unpaired) electrons. The van der Waals surface area contributed by atoms with Crippen molar-refractivity contribution >= 4 is 11.6 Å². The maximum Gasteiger partial charge on any atom is 0.238 e. The summed E-state index contributed by atoms with van der Waals surface area (Å²) in [5.41, 5.74) is 2.07. The van der Waals surface area contributed by atoms with E-state index in [0.717, 1.165) is 12.2 Å². The number of ether oxygens (including phenoxy) is 1. The number of hydrogen-bond donors (Lipinski definition) is 2. The molecule has 1 atom stereocenters. The maximum atomic E-state index is 12.0. The van der Waals surface area contributed by atoms with Crippen molar-refractivity contribution in [2.75, 3.05) is 38.2 Å². The zero-order valence-corrected chi connectivity index (χ0v) is 12.7. The molecule has 0 aliphatic carbocycles. The number of aliphatic hydroxyl groups excluding tert-OH is 1. The predicted octanol–water partition coefficient (Wildman–Crippen LogP) is 1.44. The van der Waals surface area contributed by atoms with Gasteiger partial charge in [0.2, 0.25) is 5.91 Å². The minimum Gasteiger partial charge on any atom is -0.394 e. The zero-order valence-electron chi connectivity index (χ0n) is 12.7. The normalized spacial score (nSPS) is 19.7. The molecule has 0 bridgehead atoms. The molecule has 1 fully saturated rings. The van der Waals surface area contributed by atoms with Gasteiger partial charge in [0.1, 0.15) is 0 Å². The van der Waals surface area contributed by atoms with E-state index in [1.165, 1.54) is 5.56 Å². The zero-order chi connectivity index (χ0) is 15.2. The van der Waals surface area contributed by atoms with E-state index in [9.17, 15) is 4.79 Å². The summed E-state index contributed by atoms with van der Waals surface area (Å²) < 4.78 is 5.37. The number of carbonyl (C=O) groups excluding carboxylic acids is 1. The topological polar surface area (TPSA) is 61.8 Å². The molecule has 1 aliphatic heterocycles. The summed E-state index contributed by atoms with van der Waals surface area (Å²) >= 11 is 0. The molecule has 5 nitrogen and oxygen atoms in total. The van der Waals surface area contributed by atoms with Gasteiger partial charge in [-0.05, 0) is 23.6 Å². The number of anilines is 1. The van der Waals surface area contributed by atoms with Crippen LogP contribution in [0.1, 0.15) is 25.3 Å². The Labute approximate surface area is 125 Å². The molecule has 0 saturated carbocycles. The van der Waals surface area contributed by atoms with E-state index in [2.05, 4.69) is 19.2 Å². The monoisotopic (exact) mass is 292 g/mol. The number of aliphatic hydroxyl groups is 1. The average molecular weight is 292 g/mol. The van der Waals surface area contributed by atoms with Crippen molar-refractivity contribution in [1.82, 2.24) is 4.90 Å². The van der Waals surface area contributed by atoms with E-state index in [1.807, 2.05) is 29.2 Å². The van der Waals surface area contributed by atoms with Gasteiger partial charge in [-0.3, -0.25) is 9.69 Å². The minimum absolute atomic E-state index is 0.00518. The van der Waals surface area contributed by atoms with Crippen molar-refractivity contribution < 1.29 is 14.6 Å². The van der Waals surface area contributed by atoms with Crippen LogP contribution < -0.4 is 5.32 Å². The standard InChI is InChI=1S/C16H24N2O3/c1-12(2)13-3-5-14(6-4-13)17-16(20)10-18-7-8-21-15(9-18)11-19/h3-6,12,15,19H,7-11H2,1-2H3,(H,17,20). The Morgan fingerprint density at radius 3 is 2.76 bits per heavy atom. The van der Waals surface area contributed by atoms with Crippen LogP contribution in [0.2, 0.25) is 0 Å². The van der Waals surface area contributed by atoms with Crippen LogP contribution in [0.3, 0.4) is 0 Å². The number of nitrogens with zero attached hydrogens (tertiary/aromatic N) is 1. The fourth-order valence-electron chi connectivity index (χ4n) is 2.39. The quantitative estimate of drug-likeness (QED) is 0.862. The lowest BCUT2D eigenvalue weighted by molar-refractivity contribution is -0.120. The van der Waals surface area contributed by atoms with Crippen LogP contribution in [0.5, 0.6) is 0 Å². The SMILES string of the molecule is CC(C)c1ccc(NC(=O)CN2CCOC(CO)C2)cc1. The highest BCUT2D eigenvalue weighted by atomic mass is 16.5. The Morgan fingerprint density at radius 1 is 1.43 bits per heavy atom. The molecule has 1 amide bonds. The van der Waals surface area contributed by atoms with Crippen LogP contribution in [-0.4, -0.2) is 54.9 Å². The van der Waals surface area contributed by atoms with Gasteiger partial charge >= 0.3 is 0 Å². The molecule has 1 heterocycles. The third-order valence-electron chi connectivity index (χ3n) is 3.65. The van der Waals surface area contributed by atoms with Gasteiger partial charge in [-0.15, -0.1) is 0 Å². The average Bonchev–Trinajstić information content (AvgIpc) is 2.47. The second-order valence-corrected chi connectivity index (χ2v) is 5.74. The molecule has 5 heteroatoms. The Balaban J connectivity index is 1.83. The summed E-state index contributed by atoms with van der Waals surface area (Å²) in [6.45, 7) is 6.47. The molecule has 1 aromatic rings. The number of amides is 1. The Morgan fingerprint density at radius 2 is 2.14 bits per heavy atom. The van der Waals surface area contributed by atoms with Gasteiger partial charge in [-0.25, -0.2) is 0 Å². The fraction of sp³-hybridized carbons (Fsp3) is 0.562. The fourth-order valence-corrected chi connectivity index (χ4v) is 2.39. The van der Waals surface area contributed by atoms with E-state index in [0.29, 0.717) is 25.6 Å². The summed E-state index contributed by atoms with van der Waals surface area (Å²) in [5.74, 6) is 0.449. The second-order valence-electron chi connectivity index (χ2n) is 5.74. The molecule has 2 rings (SSSR count). The van der Waals surface area contributed by atoms with Crippen LogP contribution in [0.15, 0.2) is 24.3 Å². The lowest BCUT2D eigenvalue weighted by Crippen LogP contribution is -2.46. The van der Waals surface area contributed by atoms with Crippen LogP contribution in [0.25, 0.3) is 0 Å². The van der Waals surface area contributed by atoms with Crippen LogP contribution >= 0.6 is 0 Å². The van der Waals surface area contributed by atoms with E-state index in [4.69, 9.17) is 9.84 Å². The number of hydrogen-bond acceptors (Lipinski definition) is 4. The summed E-state index contributed by atoms with van der Waals surface area (Å²) in [5, 5.41) is 12.0. The van der Waals surface area contributed by atoms with Gasteiger partial charge in [-0.2, -0.15) is 0 Å². The predicted molar refractivity (Wildman–Crippen MR) is 82.4 cm³/mol. The minimum atomic E-state index is -0.183. The molecule has 1 unspecified atom stereocenters. The summed E-state index contributed by atoms with van der Waals surface area (Å²) in [7, 11) is 0. The van der Waals surface area contributed by atoms with E-state index in [-0.39, 0.29) is 18.6 Å². The van der Waals surface area contributed by atoms with E-state index >= 15 is 0 Å². The van der Waals surface area contributed by atoms with E-state index < -0.39 is 0 Å². The summed E-state index contributed by atoms with van der Waals surface area (Å²) in [4.78, 5) is 14.0. The van der Waals surface area contributed by atoms with Crippen molar-refractivity contribution in [3.63, 3.8) is 0 Å². The van der Waals surface area contributed by atoms with Gasteiger partial charge in [-0.1, -0.05) is 26.0 Å². The second kappa shape index (κ2) is 7.54. The lowest BCUT2D eigenvalue weighted by atomic mass is 10.0. The molecular formula is C16H24N2O3. The maximum absolute atomic E-state index is 12.0. The highest BCUT2D eigenvalue weighted by molar-refractivity contribution is 5.92. The molecule has 1 aromatic carbocycles. The van der Waals surface area contributed by atoms with Crippen LogP contribution in [0.4, 0.5) is 5.69 Å². The van der Waals surface area contributed by atoms with Crippen molar-refractivity contribution in [2.45, 2.75) is 25.9 Å². The van der Waals surface area contributed by atoms with Crippen LogP contribution in [-0.2, 0) is 9.53 Å². The highest BCUT2D eigenvalue weighted by Gasteiger charge is 2.21. The van der Waals surface area contributed by atoms with Gasteiger partial charge in [0, 0.05) is 18.8 Å². The van der Waals surface area contributed by atoms with Crippen LogP contribution in [0, 0.1) is 0 Å². The third-order valence-corrected chi connectivity index (χ3v) is 3.65. The van der Waals surface area contributed by atoms with Crippen molar-refractivity contribution in [3.8, 4) is 0 Å². The summed E-state index contributed by atoms with van der Waals surface area (Å²) in [6.07, 6.45) is -0.183. The first-order valence-electron chi connectivity index (χ1n) is 7.43. The highest BCUT2D eigenvalue weighted by Crippen LogP contribution is 2.17. The number of benzene rings is 1. The molecule has 2 N–H and O–H groups in total. The Kier molecular flexibility index (Phi) is 5.73. The molecule has 1 saturated heterocycles. The number of carbonyl (C=O) groups is 1. The lowest BCUT2D eigenvalue weighted by Gasteiger charge is -2.31. The van der Waals surface area contributed by atoms with Gasteiger partial charge < -0.3 is 15.2 Å². The van der Waals surface area contributed by atoms with Crippen molar-refractivity contribution in [3.05, 3.63) is 29.8 Å². The first kappa shape index (κ1) is 15.9. The van der Waals surface area contributed by atoms with Gasteiger partial charge in [0.15, 0.2) is 0 Å². The summed E-state index contributed by atoms with van der Waals surface area (Å²) in [6, 6.07) is 7.94. The first-order valence-corrected chi connectivity index (χ1v) is 7.43. The number of rotatable bonds is 5. The van der Waals surface area contributed by atoms with Crippen molar-refractivity contribution in [2.24, 2.45) is 0 Å². The number of nitrogens with one attached hydrogen (secondary N) is 1. The smallest absolute Gasteiger partial charge is 0.238 e. The molecule has 1 aliphatic rings. The molecule has 21 heavy (non-hydrogen) atoms. The van der Waals surface area contributed by atoms with Crippen molar-refractivity contribution in [1.29, 1.82) is 0 Å². The molecule has 0 aromatic heterocycles. The molecule has 116 valence electrons. The van der Waals surface area contributed by atoms with E-state index in [1.54, 1.807) is 0 Å². The van der Waals surface area contributed by atoms with Gasteiger partial charge in [0.25, 0.3) is 0 Å².